The van der Waals surface area contributed by atoms with E-state index in [4.69, 9.17) is 0 Å². The minimum absolute atomic E-state index is 0.0477. The summed E-state index contributed by atoms with van der Waals surface area (Å²) in [5.41, 5.74) is 2.27. The number of benzene rings is 1. The van der Waals surface area contributed by atoms with Gasteiger partial charge in [0.05, 0.1) is 6.04 Å². The summed E-state index contributed by atoms with van der Waals surface area (Å²) in [6.45, 7) is 1.96. The molecule has 2 heterocycles. The molecule has 4 nitrogen and oxygen atoms in total. The van der Waals surface area contributed by atoms with Gasteiger partial charge in [-0.3, -0.25) is 4.79 Å². The average molecular weight is 265 g/mol. The Labute approximate surface area is 117 Å². The van der Waals surface area contributed by atoms with Gasteiger partial charge >= 0.3 is 0 Å². The molecule has 3 rings (SSSR count). The van der Waals surface area contributed by atoms with Crippen molar-refractivity contribution in [1.29, 1.82) is 0 Å². The number of hydrogen-bond donors (Lipinski definition) is 1. The van der Waals surface area contributed by atoms with Gasteiger partial charge < -0.3 is 9.72 Å². The number of hydrogen-bond acceptors (Lipinski definition) is 2. The van der Waals surface area contributed by atoms with E-state index >= 15 is 0 Å². The summed E-state index contributed by atoms with van der Waals surface area (Å²) in [6.07, 6.45) is 3.61. The maximum Gasteiger partial charge on any atom is 0.271 e. The summed E-state index contributed by atoms with van der Waals surface area (Å²) in [5.74, 6) is -0.162. The number of nitrogens with zero attached hydrogens (tertiary/aromatic N) is 2. The molecule has 0 aliphatic rings. The summed E-state index contributed by atoms with van der Waals surface area (Å²) >= 11 is 0. The number of nitrogens with one attached hydrogen (secondary N) is 1. The van der Waals surface area contributed by atoms with Crippen LogP contribution in [-0.4, -0.2) is 15.3 Å². The normalized spacial score (nSPS) is 12.2. The molecule has 20 heavy (non-hydrogen) atoms. The van der Waals surface area contributed by atoms with Gasteiger partial charge in [-0.05, 0) is 24.6 Å². The molecule has 1 aromatic carbocycles. The summed E-state index contributed by atoms with van der Waals surface area (Å²) in [7, 11) is 0. The number of imidazole rings is 1. The fourth-order valence-electron chi connectivity index (χ4n) is 2.14. The number of carbonyl (C=O) groups is 1. The van der Waals surface area contributed by atoms with E-state index in [0.717, 1.165) is 11.2 Å². The van der Waals surface area contributed by atoms with Crippen molar-refractivity contribution < 1.29 is 4.79 Å². The Morgan fingerprint density at radius 1 is 1.15 bits per heavy atom. The van der Waals surface area contributed by atoms with Crippen molar-refractivity contribution in [1.82, 2.24) is 14.7 Å². The summed E-state index contributed by atoms with van der Waals surface area (Å²) in [6, 6.07) is 15.5. The zero-order chi connectivity index (χ0) is 13.9. The molecule has 1 unspecified atom stereocenters. The van der Waals surface area contributed by atoms with E-state index in [-0.39, 0.29) is 11.9 Å². The standard InChI is InChI=1S/C16H15N3O/c1-12(13-7-3-2-4-8-13)17-16(20)14-11-19-10-6-5-9-15(19)18-14/h2-12H,1H3,(H,17,20). The molecule has 0 fully saturated rings. The molecule has 0 aliphatic heterocycles. The third-order valence-corrected chi connectivity index (χ3v) is 3.24. The highest BCUT2D eigenvalue weighted by atomic mass is 16.1. The summed E-state index contributed by atoms with van der Waals surface area (Å²) < 4.78 is 1.84. The van der Waals surface area contributed by atoms with Crippen LogP contribution < -0.4 is 5.32 Å². The molecule has 0 aliphatic carbocycles. The van der Waals surface area contributed by atoms with Crippen molar-refractivity contribution in [2.45, 2.75) is 13.0 Å². The quantitative estimate of drug-likeness (QED) is 0.791. The highest BCUT2D eigenvalue weighted by Gasteiger charge is 2.14. The third-order valence-electron chi connectivity index (χ3n) is 3.24. The molecular formula is C16H15N3O. The van der Waals surface area contributed by atoms with E-state index in [1.165, 1.54) is 0 Å². The van der Waals surface area contributed by atoms with Crippen LogP contribution in [0.3, 0.4) is 0 Å². The molecule has 1 amide bonds. The van der Waals surface area contributed by atoms with Gasteiger partial charge in [-0.25, -0.2) is 4.98 Å². The van der Waals surface area contributed by atoms with Crippen molar-refractivity contribution in [2.24, 2.45) is 0 Å². The van der Waals surface area contributed by atoms with Crippen molar-refractivity contribution in [3.05, 3.63) is 72.2 Å². The molecule has 1 atom stereocenters. The molecular weight excluding hydrogens is 250 g/mol. The predicted molar refractivity (Wildman–Crippen MR) is 77.5 cm³/mol. The number of fused-ring (bicyclic) bond motifs is 1. The predicted octanol–water partition coefficient (Wildman–Crippen LogP) is 2.83. The van der Waals surface area contributed by atoms with Gasteiger partial charge in [0.2, 0.25) is 0 Å². The SMILES string of the molecule is CC(NC(=O)c1cn2ccccc2n1)c1ccccc1. The van der Waals surface area contributed by atoms with Crippen LogP contribution in [-0.2, 0) is 0 Å². The Kier molecular flexibility index (Phi) is 3.21. The zero-order valence-corrected chi connectivity index (χ0v) is 11.2. The van der Waals surface area contributed by atoms with Crippen LogP contribution in [0.5, 0.6) is 0 Å². The van der Waals surface area contributed by atoms with Crippen LogP contribution >= 0.6 is 0 Å². The molecule has 4 heteroatoms. The fourth-order valence-corrected chi connectivity index (χ4v) is 2.14. The first-order valence-electron chi connectivity index (χ1n) is 6.53. The Balaban J connectivity index is 1.79. The minimum atomic E-state index is -0.162. The van der Waals surface area contributed by atoms with E-state index in [1.807, 2.05) is 66.1 Å². The first-order valence-corrected chi connectivity index (χ1v) is 6.53. The van der Waals surface area contributed by atoms with Crippen LogP contribution in [0, 0.1) is 0 Å². The molecule has 0 saturated heterocycles. The van der Waals surface area contributed by atoms with Gasteiger partial charge in [0.15, 0.2) is 0 Å². The maximum atomic E-state index is 12.2. The van der Waals surface area contributed by atoms with Gasteiger partial charge in [-0.1, -0.05) is 36.4 Å². The van der Waals surface area contributed by atoms with E-state index in [2.05, 4.69) is 10.3 Å². The third kappa shape index (κ3) is 2.40. The topological polar surface area (TPSA) is 46.4 Å². The average Bonchev–Trinajstić information content (AvgIpc) is 2.92. The first kappa shape index (κ1) is 12.4. The van der Waals surface area contributed by atoms with E-state index < -0.39 is 0 Å². The highest BCUT2D eigenvalue weighted by molar-refractivity contribution is 5.93. The molecule has 0 saturated carbocycles. The monoisotopic (exact) mass is 265 g/mol. The second-order valence-corrected chi connectivity index (χ2v) is 4.70. The molecule has 0 spiro atoms. The second-order valence-electron chi connectivity index (χ2n) is 4.70. The van der Waals surface area contributed by atoms with E-state index in [9.17, 15) is 4.79 Å². The van der Waals surface area contributed by atoms with Gasteiger partial charge in [0.25, 0.3) is 5.91 Å². The summed E-state index contributed by atoms with van der Waals surface area (Å²) in [5, 5.41) is 2.96. The second kappa shape index (κ2) is 5.17. The van der Waals surface area contributed by atoms with Crippen LogP contribution in [0.1, 0.15) is 29.0 Å². The number of aromatic nitrogens is 2. The largest absolute Gasteiger partial charge is 0.344 e. The number of pyridine rings is 1. The lowest BCUT2D eigenvalue weighted by Gasteiger charge is -2.12. The van der Waals surface area contributed by atoms with Crippen molar-refractivity contribution in [2.75, 3.05) is 0 Å². The maximum absolute atomic E-state index is 12.2. The van der Waals surface area contributed by atoms with E-state index in [0.29, 0.717) is 5.69 Å². The van der Waals surface area contributed by atoms with Crippen molar-refractivity contribution in [3.63, 3.8) is 0 Å². The minimum Gasteiger partial charge on any atom is -0.344 e. The molecule has 100 valence electrons. The number of carbonyl (C=O) groups excluding carboxylic acids is 1. The smallest absolute Gasteiger partial charge is 0.271 e. The van der Waals surface area contributed by atoms with Crippen LogP contribution in [0.2, 0.25) is 0 Å². The Morgan fingerprint density at radius 3 is 2.65 bits per heavy atom. The highest BCUT2D eigenvalue weighted by Crippen LogP contribution is 2.12. The van der Waals surface area contributed by atoms with Gasteiger partial charge in [-0.2, -0.15) is 0 Å². The van der Waals surface area contributed by atoms with E-state index in [1.54, 1.807) is 6.20 Å². The van der Waals surface area contributed by atoms with Crippen LogP contribution in [0.25, 0.3) is 5.65 Å². The Bertz CT molecular complexity index is 701. The lowest BCUT2D eigenvalue weighted by atomic mass is 10.1. The Hall–Kier alpha value is -2.62. The lowest BCUT2D eigenvalue weighted by molar-refractivity contribution is 0.0935. The zero-order valence-electron chi connectivity index (χ0n) is 11.2. The summed E-state index contributed by atoms with van der Waals surface area (Å²) in [4.78, 5) is 16.5. The molecule has 0 radical (unpaired) electrons. The number of amides is 1. The van der Waals surface area contributed by atoms with Crippen molar-refractivity contribution in [3.8, 4) is 0 Å². The van der Waals surface area contributed by atoms with Gasteiger partial charge in [-0.15, -0.1) is 0 Å². The fraction of sp³-hybridized carbons (Fsp3) is 0.125. The van der Waals surface area contributed by atoms with Gasteiger partial charge in [0.1, 0.15) is 11.3 Å². The van der Waals surface area contributed by atoms with Crippen molar-refractivity contribution >= 4 is 11.6 Å². The van der Waals surface area contributed by atoms with Gasteiger partial charge in [0, 0.05) is 12.4 Å². The molecule has 0 bridgehead atoms. The first-order chi connectivity index (χ1) is 9.74. The van der Waals surface area contributed by atoms with Crippen LogP contribution in [0.4, 0.5) is 0 Å². The lowest BCUT2D eigenvalue weighted by Crippen LogP contribution is -2.26. The van der Waals surface area contributed by atoms with Crippen LogP contribution in [0.15, 0.2) is 60.9 Å². The molecule has 1 N–H and O–H groups in total. The molecule has 3 aromatic rings. The Morgan fingerprint density at radius 2 is 1.90 bits per heavy atom. The number of rotatable bonds is 3. The molecule has 2 aromatic heterocycles.